The summed E-state index contributed by atoms with van der Waals surface area (Å²) in [5.41, 5.74) is 0.400. The first-order valence-electron chi connectivity index (χ1n) is 6.44. The van der Waals surface area contributed by atoms with Crippen LogP contribution in [0.2, 0.25) is 0 Å². The smallest absolute Gasteiger partial charge is 0.177 e. The zero-order chi connectivity index (χ0) is 14.7. The zero-order valence-corrected chi connectivity index (χ0v) is 11.2. The van der Waals surface area contributed by atoms with Gasteiger partial charge in [-0.15, -0.1) is 6.58 Å². The summed E-state index contributed by atoms with van der Waals surface area (Å²) in [6, 6.07) is 2.69. The first-order valence-corrected chi connectivity index (χ1v) is 6.44. The monoisotopic (exact) mass is 272 g/mol. The van der Waals surface area contributed by atoms with Gasteiger partial charge in [0.25, 0.3) is 0 Å². The van der Waals surface area contributed by atoms with E-state index in [1.54, 1.807) is 13.0 Å². The maximum absolute atomic E-state index is 12.8. The molecule has 0 saturated carbocycles. The molecular formula is C16H16O4. The van der Waals surface area contributed by atoms with E-state index >= 15 is 0 Å². The summed E-state index contributed by atoms with van der Waals surface area (Å²) in [5, 5.41) is 20.1. The van der Waals surface area contributed by atoms with Crippen molar-refractivity contribution in [2.45, 2.75) is 13.0 Å². The topological polar surface area (TPSA) is 66.8 Å². The predicted molar refractivity (Wildman–Crippen MR) is 73.7 cm³/mol. The lowest BCUT2D eigenvalue weighted by atomic mass is 9.61. The molecule has 1 saturated heterocycles. The van der Waals surface area contributed by atoms with Crippen molar-refractivity contribution in [3.8, 4) is 11.5 Å². The first kappa shape index (κ1) is 12.9. The van der Waals surface area contributed by atoms with E-state index in [9.17, 15) is 15.0 Å². The van der Waals surface area contributed by atoms with Crippen molar-refractivity contribution in [2.24, 2.45) is 11.3 Å². The Morgan fingerprint density at radius 2 is 2.05 bits per heavy atom. The molecule has 0 radical (unpaired) electrons. The summed E-state index contributed by atoms with van der Waals surface area (Å²) in [6.07, 6.45) is 1.10. The molecular weight excluding hydrogens is 256 g/mol. The third-order valence-corrected chi connectivity index (χ3v) is 4.46. The first-order chi connectivity index (χ1) is 9.41. The van der Waals surface area contributed by atoms with Crippen LogP contribution in [0.3, 0.4) is 0 Å². The molecule has 4 heteroatoms. The lowest BCUT2D eigenvalue weighted by molar-refractivity contribution is 0.0409. The maximum Gasteiger partial charge on any atom is 0.177 e. The summed E-state index contributed by atoms with van der Waals surface area (Å²) in [5.74, 6) is -0.714. The van der Waals surface area contributed by atoms with Gasteiger partial charge in [0.1, 0.15) is 11.5 Å². The van der Waals surface area contributed by atoms with Crippen molar-refractivity contribution in [1.82, 2.24) is 0 Å². The number of ketones is 1. The normalized spacial score (nSPS) is 31.9. The number of hydrogen-bond donors (Lipinski definition) is 2. The van der Waals surface area contributed by atoms with Crippen LogP contribution in [0.15, 0.2) is 36.9 Å². The Hall–Kier alpha value is -2.07. The number of carbonyl (C=O) groups excluding carboxylic acids is 1. The number of benzene rings is 1. The molecule has 3 rings (SSSR count). The molecule has 3 atom stereocenters. The van der Waals surface area contributed by atoms with Crippen molar-refractivity contribution in [2.75, 3.05) is 6.61 Å². The van der Waals surface area contributed by atoms with E-state index in [-0.39, 0.29) is 28.8 Å². The summed E-state index contributed by atoms with van der Waals surface area (Å²) >= 11 is 0. The van der Waals surface area contributed by atoms with Gasteiger partial charge in [-0.1, -0.05) is 12.7 Å². The number of aromatic hydroxyl groups is 2. The van der Waals surface area contributed by atoms with Gasteiger partial charge in [0.15, 0.2) is 5.78 Å². The van der Waals surface area contributed by atoms with Gasteiger partial charge in [0, 0.05) is 11.5 Å². The lowest BCUT2D eigenvalue weighted by Gasteiger charge is -2.40. The molecule has 1 aliphatic carbocycles. The molecule has 0 aromatic heterocycles. The van der Waals surface area contributed by atoms with Crippen LogP contribution in [0.1, 0.15) is 28.9 Å². The Kier molecular flexibility index (Phi) is 2.56. The third-order valence-electron chi connectivity index (χ3n) is 4.46. The van der Waals surface area contributed by atoms with Crippen LogP contribution in [-0.2, 0) is 4.74 Å². The number of phenols is 2. The molecule has 1 fully saturated rings. The van der Waals surface area contributed by atoms with Crippen LogP contribution in [0.5, 0.6) is 11.5 Å². The van der Waals surface area contributed by atoms with E-state index in [0.717, 1.165) is 5.57 Å². The van der Waals surface area contributed by atoms with Gasteiger partial charge >= 0.3 is 0 Å². The molecule has 104 valence electrons. The van der Waals surface area contributed by atoms with Crippen LogP contribution in [0, 0.1) is 11.3 Å². The minimum atomic E-state index is -0.892. The van der Waals surface area contributed by atoms with E-state index < -0.39 is 11.5 Å². The Morgan fingerprint density at radius 3 is 2.70 bits per heavy atom. The number of ether oxygens (including phenoxy) is 1. The van der Waals surface area contributed by atoms with E-state index in [0.29, 0.717) is 12.2 Å². The van der Waals surface area contributed by atoms with Crippen molar-refractivity contribution >= 4 is 5.78 Å². The molecule has 1 aliphatic heterocycles. The molecule has 2 aliphatic rings. The molecule has 0 spiro atoms. The predicted octanol–water partition coefficient (Wildman–Crippen LogP) is 2.73. The summed E-state index contributed by atoms with van der Waals surface area (Å²) in [6.45, 7) is 9.84. The van der Waals surface area contributed by atoms with E-state index in [2.05, 4.69) is 13.2 Å². The van der Waals surface area contributed by atoms with Gasteiger partial charge in [0.05, 0.1) is 23.7 Å². The van der Waals surface area contributed by atoms with Crippen molar-refractivity contribution < 1.29 is 19.7 Å². The fourth-order valence-electron chi connectivity index (χ4n) is 3.34. The number of phenolic OH excluding ortho intramolecular Hbond substituents is 2. The van der Waals surface area contributed by atoms with Crippen LogP contribution in [0.4, 0.5) is 0 Å². The second-order valence-corrected chi connectivity index (χ2v) is 5.58. The minimum absolute atomic E-state index is 0.0398. The van der Waals surface area contributed by atoms with Crippen molar-refractivity contribution in [3.63, 3.8) is 0 Å². The quantitative estimate of drug-likeness (QED) is 0.609. The fraction of sp³-hybridized carbons (Fsp3) is 0.312. The Labute approximate surface area is 117 Å². The van der Waals surface area contributed by atoms with Crippen molar-refractivity contribution in [1.29, 1.82) is 0 Å². The molecule has 0 unspecified atom stereocenters. The zero-order valence-electron chi connectivity index (χ0n) is 11.2. The molecule has 0 amide bonds. The second-order valence-electron chi connectivity index (χ2n) is 5.58. The Bertz CT molecular complexity index is 646. The highest BCUT2D eigenvalue weighted by atomic mass is 16.5. The summed E-state index contributed by atoms with van der Waals surface area (Å²) in [7, 11) is 0. The summed E-state index contributed by atoms with van der Waals surface area (Å²) in [4.78, 5) is 12.8. The largest absolute Gasteiger partial charge is 0.508 e. The summed E-state index contributed by atoms with van der Waals surface area (Å²) < 4.78 is 5.71. The van der Waals surface area contributed by atoms with Crippen LogP contribution in [0.25, 0.3) is 0 Å². The van der Waals surface area contributed by atoms with Gasteiger partial charge < -0.3 is 14.9 Å². The average Bonchev–Trinajstić information content (AvgIpc) is 2.81. The number of hydrogen-bond acceptors (Lipinski definition) is 4. The van der Waals surface area contributed by atoms with E-state index in [1.165, 1.54) is 12.1 Å². The number of Topliss-reactive ketones (excluding diaryl/α,β-unsaturated/α-hetero) is 1. The molecule has 4 nitrogen and oxygen atoms in total. The second kappa shape index (κ2) is 3.96. The molecule has 1 aromatic carbocycles. The van der Waals surface area contributed by atoms with Crippen LogP contribution >= 0.6 is 0 Å². The van der Waals surface area contributed by atoms with Gasteiger partial charge in [-0.2, -0.15) is 0 Å². The van der Waals surface area contributed by atoms with Crippen molar-refractivity contribution in [3.05, 3.63) is 48.1 Å². The molecule has 1 heterocycles. The van der Waals surface area contributed by atoms with Gasteiger partial charge in [-0.3, -0.25) is 4.79 Å². The molecule has 2 N–H and O–H groups in total. The number of carbonyl (C=O) groups is 1. The molecule has 20 heavy (non-hydrogen) atoms. The van der Waals surface area contributed by atoms with Gasteiger partial charge in [-0.25, -0.2) is 0 Å². The Balaban J connectivity index is 2.35. The number of fused-ring (bicyclic) bond motifs is 3. The highest BCUT2D eigenvalue weighted by molar-refractivity contribution is 6.07. The highest BCUT2D eigenvalue weighted by Gasteiger charge is 2.55. The van der Waals surface area contributed by atoms with E-state index in [1.807, 2.05) is 0 Å². The van der Waals surface area contributed by atoms with Gasteiger partial charge in [-0.05, 0) is 24.6 Å². The molecule has 0 bridgehead atoms. The third kappa shape index (κ3) is 1.37. The Morgan fingerprint density at radius 1 is 1.40 bits per heavy atom. The highest BCUT2D eigenvalue weighted by Crippen LogP contribution is 2.57. The van der Waals surface area contributed by atoms with Gasteiger partial charge in [0.2, 0.25) is 0 Å². The SMILES string of the molecule is C=C[C@@]1(C)C(=O)c2c(O)ccc(O)c2[C@H]2OCC(=C)[C@H]21. The average molecular weight is 272 g/mol. The fourth-order valence-corrected chi connectivity index (χ4v) is 3.34. The van der Waals surface area contributed by atoms with Crippen LogP contribution in [-0.4, -0.2) is 22.6 Å². The number of allylic oxidation sites excluding steroid dienone is 1. The lowest BCUT2D eigenvalue weighted by Crippen LogP contribution is -2.41. The maximum atomic E-state index is 12.8. The molecule has 1 aromatic rings. The number of rotatable bonds is 1. The van der Waals surface area contributed by atoms with Crippen LogP contribution < -0.4 is 0 Å². The standard InChI is InChI=1S/C16H16O4/c1-4-16(3)13-8(2)7-20-14(13)11-9(17)5-6-10(18)12(11)15(16)19/h4-6,13-14,17-18H,1-2,7H2,3H3/t13-,14-,16-/m1/s1. The minimum Gasteiger partial charge on any atom is -0.508 e. The van der Waals surface area contributed by atoms with E-state index in [4.69, 9.17) is 4.74 Å².